The molecule has 0 radical (unpaired) electrons. The van der Waals surface area contributed by atoms with Gasteiger partial charge in [-0.2, -0.15) is 5.06 Å². The van der Waals surface area contributed by atoms with Crippen LogP contribution in [0.25, 0.3) is 0 Å². The van der Waals surface area contributed by atoms with E-state index in [9.17, 15) is 5.21 Å². The van der Waals surface area contributed by atoms with Gasteiger partial charge in [0, 0.05) is 12.1 Å². The maximum Gasteiger partial charge on any atom is 0.0410 e. The maximum absolute atomic E-state index is 9.43. The molecule has 1 saturated heterocycles. The highest BCUT2D eigenvalue weighted by Gasteiger charge is 2.42. The molecule has 1 fully saturated rings. The Kier molecular flexibility index (Phi) is 1.57. The lowest BCUT2D eigenvalue weighted by atomic mass is 9.86. The Morgan fingerprint density at radius 1 is 1.20 bits per heavy atom. The fourth-order valence-corrected chi connectivity index (χ4v) is 1.94. The van der Waals surface area contributed by atoms with E-state index in [0.717, 1.165) is 13.0 Å². The van der Waals surface area contributed by atoms with Crippen molar-refractivity contribution < 1.29 is 5.21 Å². The summed E-state index contributed by atoms with van der Waals surface area (Å²) < 4.78 is 0. The minimum atomic E-state index is -0.0243. The molecule has 0 atom stereocenters. The largest absolute Gasteiger partial charge is 0.313 e. The summed E-state index contributed by atoms with van der Waals surface area (Å²) in [5.74, 6) is 0. The Bertz CT molecular complexity index is 140. The van der Waals surface area contributed by atoms with Gasteiger partial charge in [0.15, 0.2) is 0 Å². The van der Waals surface area contributed by atoms with Crippen LogP contribution in [-0.4, -0.2) is 22.4 Å². The van der Waals surface area contributed by atoms with Crippen molar-refractivity contribution in [1.29, 1.82) is 0 Å². The fraction of sp³-hybridized carbons (Fsp3) is 1.00. The molecule has 0 unspecified atom stereocenters. The first-order valence-electron chi connectivity index (χ1n) is 3.80. The molecule has 1 aliphatic rings. The van der Waals surface area contributed by atoms with E-state index < -0.39 is 0 Å². The molecule has 0 bridgehead atoms. The summed E-state index contributed by atoms with van der Waals surface area (Å²) in [6.45, 7) is 9.30. The standard InChI is InChI=1S/C8H17NO/c1-7(2)5-8(3,4)9(10)6-7/h10H,5-6H2,1-4H3. The molecular formula is C8H17NO. The molecule has 0 aromatic carbocycles. The van der Waals surface area contributed by atoms with Crippen LogP contribution in [0.3, 0.4) is 0 Å². The quantitative estimate of drug-likeness (QED) is 0.559. The van der Waals surface area contributed by atoms with Gasteiger partial charge in [-0.25, -0.2) is 0 Å². The smallest absolute Gasteiger partial charge is 0.0410 e. The highest BCUT2D eigenvalue weighted by Crippen LogP contribution is 2.39. The Labute approximate surface area is 62.8 Å². The number of hydrogen-bond donors (Lipinski definition) is 1. The summed E-state index contributed by atoms with van der Waals surface area (Å²) in [6, 6.07) is 0. The number of nitrogens with zero attached hydrogens (tertiary/aromatic N) is 1. The maximum atomic E-state index is 9.43. The molecule has 10 heavy (non-hydrogen) atoms. The Morgan fingerprint density at radius 2 is 1.70 bits per heavy atom. The van der Waals surface area contributed by atoms with Gasteiger partial charge in [0.25, 0.3) is 0 Å². The lowest BCUT2D eigenvalue weighted by Gasteiger charge is -2.24. The number of hydrogen-bond acceptors (Lipinski definition) is 2. The molecular weight excluding hydrogens is 126 g/mol. The molecule has 2 heteroatoms. The summed E-state index contributed by atoms with van der Waals surface area (Å²) in [5, 5.41) is 10.9. The normalized spacial score (nSPS) is 30.9. The molecule has 0 aliphatic carbocycles. The summed E-state index contributed by atoms with van der Waals surface area (Å²) in [4.78, 5) is 0. The van der Waals surface area contributed by atoms with Crippen molar-refractivity contribution in [1.82, 2.24) is 5.06 Å². The van der Waals surface area contributed by atoms with Crippen LogP contribution >= 0.6 is 0 Å². The zero-order chi connectivity index (χ0) is 7.99. The Morgan fingerprint density at radius 3 is 1.80 bits per heavy atom. The fourth-order valence-electron chi connectivity index (χ4n) is 1.94. The van der Waals surface area contributed by atoms with Gasteiger partial charge in [-0.1, -0.05) is 13.8 Å². The van der Waals surface area contributed by atoms with E-state index in [2.05, 4.69) is 27.7 Å². The highest BCUT2D eigenvalue weighted by atomic mass is 16.5. The Hall–Kier alpha value is -0.0800. The SMILES string of the molecule is CC1(C)CN(O)C(C)(C)C1. The van der Waals surface area contributed by atoms with Gasteiger partial charge in [-0.3, -0.25) is 0 Å². The van der Waals surface area contributed by atoms with E-state index in [-0.39, 0.29) is 11.0 Å². The lowest BCUT2D eigenvalue weighted by molar-refractivity contribution is -0.138. The molecule has 0 aromatic rings. The zero-order valence-electron chi connectivity index (χ0n) is 7.31. The molecule has 0 aromatic heterocycles. The van der Waals surface area contributed by atoms with E-state index >= 15 is 0 Å². The first-order valence-corrected chi connectivity index (χ1v) is 3.80. The number of hydroxylamine groups is 2. The summed E-state index contributed by atoms with van der Waals surface area (Å²) >= 11 is 0. The Balaban J connectivity index is 2.71. The first-order chi connectivity index (χ1) is 4.33. The number of rotatable bonds is 0. The van der Waals surface area contributed by atoms with E-state index in [0.29, 0.717) is 0 Å². The molecule has 1 rings (SSSR count). The summed E-state index contributed by atoms with van der Waals surface area (Å²) in [7, 11) is 0. The predicted molar refractivity (Wildman–Crippen MR) is 41.0 cm³/mol. The van der Waals surface area contributed by atoms with Crippen LogP contribution in [0.4, 0.5) is 0 Å². The van der Waals surface area contributed by atoms with E-state index in [1.165, 1.54) is 5.06 Å². The van der Waals surface area contributed by atoms with Gasteiger partial charge >= 0.3 is 0 Å². The van der Waals surface area contributed by atoms with Crippen molar-refractivity contribution in [2.45, 2.75) is 39.7 Å². The van der Waals surface area contributed by atoms with Gasteiger partial charge in [0.2, 0.25) is 0 Å². The highest BCUT2D eigenvalue weighted by molar-refractivity contribution is 4.93. The van der Waals surface area contributed by atoms with Crippen LogP contribution in [0.2, 0.25) is 0 Å². The van der Waals surface area contributed by atoms with Crippen molar-refractivity contribution >= 4 is 0 Å². The van der Waals surface area contributed by atoms with Crippen LogP contribution in [-0.2, 0) is 0 Å². The second kappa shape index (κ2) is 1.95. The van der Waals surface area contributed by atoms with Crippen LogP contribution < -0.4 is 0 Å². The molecule has 0 spiro atoms. The summed E-state index contributed by atoms with van der Waals surface area (Å²) in [5.41, 5.74) is 0.252. The van der Waals surface area contributed by atoms with Crippen LogP contribution in [0, 0.1) is 5.41 Å². The average Bonchev–Trinajstić information content (AvgIpc) is 1.73. The van der Waals surface area contributed by atoms with Crippen molar-refractivity contribution in [3.8, 4) is 0 Å². The van der Waals surface area contributed by atoms with Crippen LogP contribution in [0.15, 0.2) is 0 Å². The minimum absolute atomic E-state index is 0.0243. The summed E-state index contributed by atoms with van der Waals surface area (Å²) in [6.07, 6.45) is 1.07. The van der Waals surface area contributed by atoms with Crippen molar-refractivity contribution in [2.24, 2.45) is 5.41 Å². The van der Waals surface area contributed by atoms with Crippen LogP contribution in [0.1, 0.15) is 34.1 Å². The van der Waals surface area contributed by atoms with E-state index in [1.54, 1.807) is 0 Å². The van der Waals surface area contributed by atoms with Gasteiger partial charge in [0.1, 0.15) is 0 Å². The third-order valence-electron chi connectivity index (χ3n) is 2.19. The van der Waals surface area contributed by atoms with Gasteiger partial charge < -0.3 is 5.21 Å². The van der Waals surface area contributed by atoms with E-state index in [1.807, 2.05) is 0 Å². The minimum Gasteiger partial charge on any atom is -0.313 e. The second-order valence-electron chi connectivity index (χ2n) is 4.71. The third-order valence-corrected chi connectivity index (χ3v) is 2.19. The third kappa shape index (κ3) is 1.32. The topological polar surface area (TPSA) is 23.5 Å². The molecule has 1 aliphatic heterocycles. The van der Waals surface area contributed by atoms with Gasteiger partial charge in [-0.05, 0) is 25.7 Å². The van der Waals surface area contributed by atoms with Crippen molar-refractivity contribution in [3.05, 3.63) is 0 Å². The van der Waals surface area contributed by atoms with Gasteiger partial charge in [-0.15, -0.1) is 0 Å². The van der Waals surface area contributed by atoms with E-state index in [4.69, 9.17) is 0 Å². The molecule has 2 nitrogen and oxygen atoms in total. The van der Waals surface area contributed by atoms with Crippen molar-refractivity contribution in [2.75, 3.05) is 6.54 Å². The zero-order valence-corrected chi connectivity index (χ0v) is 7.31. The average molecular weight is 143 g/mol. The molecule has 0 saturated carbocycles. The lowest BCUT2D eigenvalue weighted by Crippen LogP contribution is -2.34. The molecule has 0 amide bonds. The molecule has 60 valence electrons. The second-order valence-corrected chi connectivity index (χ2v) is 4.71. The van der Waals surface area contributed by atoms with Gasteiger partial charge in [0.05, 0.1) is 0 Å². The van der Waals surface area contributed by atoms with Crippen molar-refractivity contribution in [3.63, 3.8) is 0 Å². The molecule has 1 heterocycles. The predicted octanol–water partition coefficient (Wildman–Crippen LogP) is 1.89. The molecule has 1 N–H and O–H groups in total. The first kappa shape index (κ1) is 8.02. The monoisotopic (exact) mass is 143 g/mol. The van der Waals surface area contributed by atoms with Crippen LogP contribution in [0.5, 0.6) is 0 Å².